The molecule has 0 spiro atoms. The van der Waals surface area contributed by atoms with Crippen LogP contribution in [0, 0.1) is 18.8 Å². The first-order chi connectivity index (χ1) is 15.5. The van der Waals surface area contributed by atoms with Gasteiger partial charge in [0, 0.05) is 29.7 Å². The highest BCUT2D eigenvalue weighted by molar-refractivity contribution is 5.97. The van der Waals surface area contributed by atoms with Crippen molar-refractivity contribution in [1.82, 2.24) is 14.9 Å². The van der Waals surface area contributed by atoms with Gasteiger partial charge in [0.1, 0.15) is 17.8 Å². The summed E-state index contributed by atoms with van der Waals surface area (Å²) in [6.07, 6.45) is 1.19. The van der Waals surface area contributed by atoms with Crippen LogP contribution in [0.3, 0.4) is 0 Å². The number of carbonyl (C=O) groups is 2. The molecule has 0 atom stereocenters. The zero-order chi connectivity index (χ0) is 22.7. The highest BCUT2D eigenvalue weighted by atomic mass is 16.6. The summed E-state index contributed by atoms with van der Waals surface area (Å²) in [4.78, 5) is 43.0. The Bertz CT molecular complexity index is 1320. The number of pyridine rings is 2. The Hall–Kier alpha value is -4.12. The maximum Gasteiger partial charge on any atom is 0.414 e. The third kappa shape index (κ3) is 4.18. The van der Waals surface area contributed by atoms with E-state index in [2.05, 4.69) is 22.1 Å². The van der Waals surface area contributed by atoms with Crippen LogP contribution in [0.25, 0.3) is 11.0 Å². The van der Waals surface area contributed by atoms with E-state index in [1.807, 2.05) is 13.8 Å². The van der Waals surface area contributed by atoms with Crippen LogP contribution in [0.15, 0.2) is 47.4 Å². The largest absolute Gasteiger partial charge is 0.447 e. The molecule has 2 aromatic heterocycles. The van der Waals surface area contributed by atoms with Crippen LogP contribution in [0.1, 0.15) is 28.5 Å². The lowest BCUT2D eigenvalue weighted by Crippen LogP contribution is -2.30. The molecule has 0 bridgehead atoms. The maximum atomic E-state index is 12.8. The molecule has 162 valence electrons. The molecule has 1 N–H and O–H groups in total. The average Bonchev–Trinajstić information content (AvgIpc) is 3.23. The van der Waals surface area contributed by atoms with Gasteiger partial charge in [0.15, 0.2) is 0 Å². The fraction of sp³-hybridized carbons (Fsp3) is 0.250. The SMILES string of the molecule is CCn1cc(C(=O)NCC#Cc2ccc(N3CCOC3=O)cc2)c(=O)c2ccc(C)nc21. The van der Waals surface area contributed by atoms with Crippen molar-refractivity contribution in [2.45, 2.75) is 20.4 Å². The van der Waals surface area contributed by atoms with Gasteiger partial charge >= 0.3 is 6.09 Å². The van der Waals surface area contributed by atoms with Gasteiger partial charge in [0.2, 0.25) is 5.43 Å². The smallest absolute Gasteiger partial charge is 0.414 e. The van der Waals surface area contributed by atoms with E-state index in [9.17, 15) is 14.4 Å². The molecule has 32 heavy (non-hydrogen) atoms. The van der Waals surface area contributed by atoms with E-state index in [1.54, 1.807) is 52.1 Å². The van der Waals surface area contributed by atoms with Gasteiger partial charge in [-0.2, -0.15) is 0 Å². The van der Waals surface area contributed by atoms with Crippen molar-refractivity contribution in [3.8, 4) is 11.8 Å². The van der Waals surface area contributed by atoms with Crippen LogP contribution < -0.4 is 15.6 Å². The van der Waals surface area contributed by atoms with Gasteiger partial charge in [0.05, 0.1) is 18.5 Å². The first kappa shape index (κ1) is 21.1. The number of amides is 2. The molecule has 1 aliphatic rings. The minimum Gasteiger partial charge on any atom is -0.447 e. The Labute approximate surface area is 184 Å². The normalized spacial score (nSPS) is 12.9. The molecular weight excluding hydrogens is 408 g/mol. The van der Waals surface area contributed by atoms with E-state index < -0.39 is 5.91 Å². The number of hydrogen-bond donors (Lipinski definition) is 1. The maximum absolute atomic E-state index is 12.8. The highest BCUT2D eigenvalue weighted by Crippen LogP contribution is 2.18. The number of cyclic esters (lactones) is 1. The number of aryl methyl sites for hydroxylation is 2. The fourth-order valence-electron chi connectivity index (χ4n) is 3.48. The minimum atomic E-state index is -0.475. The van der Waals surface area contributed by atoms with Gasteiger partial charge in [-0.1, -0.05) is 11.8 Å². The number of carbonyl (C=O) groups excluding carboxylic acids is 2. The number of benzene rings is 1. The third-order valence-electron chi connectivity index (χ3n) is 5.16. The van der Waals surface area contributed by atoms with Crippen molar-refractivity contribution < 1.29 is 14.3 Å². The molecule has 1 fully saturated rings. The molecule has 0 saturated carbocycles. The van der Waals surface area contributed by atoms with Crippen LogP contribution in [-0.2, 0) is 11.3 Å². The number of anilines is 1. The van der Waals surface area contributed by atoms with Gasteiger partial charge in [0.25, 0.3) is 5.91 Å². The molecule has 8 heteroatoms. The summed E-state index contributed by atoms with van der Waals surface area (Å²) in [5.74, 6) is 5.37. The van der Waals surface area contributed by atoms with Crippen LogP contribution in [0.5, 0.6) is 0 Å². The number of nitrogens with one attached hydrogen (secondary N) is 1. The van der Waals surface area contributed by atoms with Gasteiger partial charge in [-0.3, -0.25) is 14.5 Å². The lowest BCUT2D eigenvalue weighted by Gasteiger charge is -2.12. The second kappa shape index (κ2) is 8.94. The zero-order valence-electron chi connectivity index (χ0n) is 17.8. The summed E-state index contributed by atoms with van der Waals surface area (Å²) in [7, 11) is 0. The Balaban J connectivity index is 1.45. The molecule has 1 saturated heterocycles. The molecule has 2 amide bonds. The summed E-state index contributed by atoms with van der Waals surface area (Å²) >= 11 is 0. The lowest BCUT2D eigenvalue weighted by atomic mass is 10.1. The molecule has 0 aliphatic carbocycles. The van der Waals surface area contributed by atoms with Crippen LogP contribution in [-0.4, -0.2) is 41.2 Å². The van der Waals surface area contributed by atoms with Crippen molar-refractivity contribution in [2.75, 3.05) is 24.6 Å². The van der Waals surface area contributed by atoms with E-state index in [0.29, 0.717) is 30.7 Å². The Kier molecular flexibility index (Phi) is 5.90. The average molecular weight is 430 g/mol. The van der Waals surface area contributed by atoms with E-state index in [-0.39, 0.29) is 23.6 Å². The van der Waals surface area contributed by atoms with Crippen molar-refractivity contribution in [3.63, 3.8) is 0 Å². The number of ether oxygens (including phenoxy) is 1. The summed E-state index contributed by atoms with van der Waals surface area (Å²) in [6.45, 7) is 5.38. The minimum absolute atomic E-state index is 0.0636. The van der Waals surface area contributed by atoms with Crippen molar-refractivity contribution in [3.05, 3.63) is 69.6 Å². The summed E-state index contributed by atoms with van der Waals surface area (Å²) in [5, 5.41) is 3.10. The number of aromatic nitrogens is 2. The quantitative estimate of drug-likeness (QED) is 0.642. The summed E-state index contributed by atoms with van der Waals surface area (Å²) in [6, 6.07) is 10.7. The highest BCUT2D eigenvalue weighted by Gasteiger charge is 2.23. The van der Waals surface area contributed by atoms with Gasteiger partial charge in [-0.05, 0) is 50.2 Å². The molecular formula is C24H22N4O4. The molecule has 8 nitrogen and oxygen atoms in total. The van der Waals surface area contributed by atoms with Crippen molar-refractivity contribution >= 4 is 28.7 Å². The molecule has 0 unspecified atom stereocenters. The predicted octanol–water partition coefficient (Wildman–Crippen LogP) is 2.46. The molecule has 0 radical (unpaired) electrons. The summed E-state index contributed by atoms with van der Waals surface area (Å²) in [5.41, 5.74) is 2.59. The Morgan fingerprint density at radius 2 is 1.97 bits per heavy atom. The molecule has 3 aromatic rings. The van der Waals surface area contributed by atoms with Crippen LogP contribution >= 0.6 is 0 Å². The number of nitrogens with zero attached hydrogens (tertiary/aromatic N) is 3. The second-order valence-electron chi connectivity index (χ2n) is 7.28. The van der Waals surface area contributed by atoms with Crippen molar-refractivity contribution in [1.29, 1.82) is 0 Å². The monoisotopic (exact) mass is 430 g/mol. The van der Waals surface area contributed by atoms with Gasteiger partial charge in [-0.15, -0.1) is 0 Å². The first-order valence-corrected chi connectivity index (χ1v) is 10.3. The van der Waals surface area contributed by atoms with E-state index in [1.165, 1.54) is 0 Å². The number of rotatable bonds is 4. The van der Waals surface area contributed by atoms with Crippen LogP contribution in [0.2, 0.25) is 0 Å². The molecule has 1 aromatic carbocycles. The van der Waals surface area contributed by atoms with Crippen LogP contribution in [0.4, 0.5) is 10.5 Å². The van der Waals surface area contributed by atoms with E-state index in [4.69, 9.17) is 4.74 Å². The zero-order valence-corrected chi connectivity index (χ0v) is 17.8. The van der Waals surface area contributed by atoms with Gasteiger partial charge < -0.3 is 14.6 Å². The fourth-order valence-corrected chi connectivity index (χ4v) is 3.48. The number of hydrogen-bond acceptors (Lipinski definition) is 5. The Morgan fingerprint density at radius 1 is 1.19 bits per heavy atom. The topological polar surface area (TPSA) is 93.5 Å². The summed E-state index contributed by atoms with van der Waals surface area (Å²) < 4.78 is 6.73. The number of fused-ring (bicyclic) bond motifs is 1. The lowest BCUT2D eigenvalue weighted by molar-refractivity contribution is 0.0957. The van der Waals surface area contributed by atoms with Gasteiger partial charge in [-0.25, -0.2) is 9.78 Å². The van der Waals surface area contributed by atoms with E-state index in [0.717, 1.165) is 16.9 Å². The predicted molar refractivity (Wildman–Crippen MR) is 121 cm³/mol. The Morgan fingerprint density at radius 3 is 2.66 bits per heavy atom. The van der Waals surface area contributed by atoms with E-state index >= 15 is 0 Å². The standard InChI is InChI=1S/C24H22N4O4/c1-3-27-15-20(21(29)19-11-6-16(2)26-22(19)27)23(30)25-12-4-5-17-7-9-18(10-8-17)28-13-14-32-24(28)31/h6-11,15H,3,12-14H2,1-2H3,(H,25,30). The molecule has 4 rings (SSSR count). The van der Waals surface area contributed by atoms with Crippen molar-refractivity contribution in [2.24, 2.45) is 0 Å². The third-order valence-corrected chi connectivity index (χ3v) is 5.16. The molecule has 3 heterocycles. The second-order valence-corrected chi connectivity index (χ2v) is 7.28. The first-order valence-electron chi connectivity index (χ1n) is 10.3. The molecule has 1 aliphatic heterocycles.